The number of aliphatic hydroxyl groups excluding tert-OH is 2. The summed E-state index contributed by atoms with van der Waals surface area (Å²) in [6.45, 7) is 0.122. The van der Waals surface area contributed by atoms with E-state index < -0.39 is 6.10 Å². The van der Waals surface area contributed by atoms with Crippen LogP contribution in [-0.2, 0) is 13.0 Å². The van der Waals surface area contributed by atoms with Gasteiger partial charge in [-0.3, -0.25) is 0 Å². The summed E-state index contributed by atoms with van der Waals surface area (Å²) in [6.07, 6.45) is -0.563. The molecule has 0 aliphatic carbocycles. The molecule has 2 N–H and O–H groups in total. The zero-order valence-corrected chi connectivity index (χ0v) is 13.9. The van der Waals surface area contributed by atoms with Crippen molar-refractivity contribution >= 4 is 22.4 Å². The van der Waals surface area contributed by atoms with Crippen LogP contribution in [-0.4, -0.2) is 22.9 Å². The molecule has 3 nitrogen and oxygen atoms in total. The Morgan fingerprint density at radius 1 is 0.958 bits per heavy atom. The first-order valence-corrected chi connectivity index (χ1v) is 8.22. The quantitative estimate of drug-likeness (QED) is 0.712. The minimum absolute atomic E-state index is 0.283. The van der Waals surface area contributed by atoms with Gasteiger partial charge in [-0.25, -0.2) is 0 Å². The van der Waals surface area contributed by atoms with Crippen LogP contribution in [0.1, 0.15) is 11.1 Å². The average molecular weight is 343 g/mol. The third-order valence-electron chi connectivity index (χ3n) is 3.91. The lowest BCUT2D eigenvalue weighted by Crippen LogP contribution is -2.16. The molecule has 0 saturated carbocycles. The van der Waals surface area contributed by atoms with Crippen LogP contribution in [0.3, 0.4) is 0 Å². The van der Waals surface area contributed by atoms with Gasteiger partial charge in [-0.2, -0.15) is 0 Å². The Kier molecular flexibility index (Phi) is 5.36. The van der Waals surface area contributed by atoms with Crippen molar-refractivity contribution in [2.24, 2.45) is 0 Å². The zero-order chi connectivity index (χ0) is 16.9. The van der Waals surface area contributed by atoms with Gasteiger partial charge < -0.3 is 14.9 Å². The minimum Gasteiger partial charge on any atom is -0.488 e. The van der Waals surface area contributed by atoms with Crippen molar-refractivity contribution in [3.63, 3.8) is 0 Å². The first kappa shape index (κ1) is 16.8. The van der Waals surface area contributed by atoms with Crippen molar-refractivity contribution in [1.29, 1.82) is 0 Å². The summed E-state index contributed by atoms with van der Waals surface area (Å²) >= 11 is 6.38. The first-order valence-electron chi connectivity index (χ1n) is 7.85. The van der Waals surface area contributed by atoms with Crippen molar-refractivity contribution in [3.05, 3.63) is 76.8 Å². The van der Waals surface area contributed by atoms with Crippen molar-refractivity contribution in [3.8, 4) is 5.75 Å². The lowest BCUT2D eigenvalue weighted by molar-refractivity contribution is 0.0948. The molecular formula is C20H19ClO3. The zero-order valence-electron chi connectivity index (χ0n) is 13.2. The average Bonchev–Trinajstić information content (AvgIpc) is 2.62. The second-order valence-electron chi connectivity index (χ2n) is 5.71. The molecule has 1 atom stereocenters. The fourth-order valence-electron chi connectivity index (χ4n) is 2.73. The van der Waals surface area contributed by atoms with E-state index in [1.165, 1.54) is 0 Å². The Balaban J connectivity index is 2.01. The highest BCUT2D eigenvalue weighted by molar-refractivity contribution is 6.35. The summed E-state index contributed by atoms with van der Waals surface area (Å²) in [6, 6.07) is 19.5. The maximum absolute atomic E-state index is 9.84. The van der Waals surface area contributed by atoms with Gasteiger partial charge in [0.2, 0.25) is 0 Å². The first-order chi connectivity index (χ1) is 11.7. The van der Waals surface area contributed by atoms with Crippen LogP contribution in [0.2, 0.25) is 5.02 Å². The predicted octanol–water partition coefficient (Wildman–Crippen LogP) is 3.97. The van der Waals surface area contributed by atoms with E-state index in [1.54, 1.807) is 0 Å². The van der Waals surface area contributed by atoms with Crippen LogP contribution < -0.4 is 4.74 Å². The Labute approximate surface area is 146 Å². The fourth-order valence-corrected chi connectivity index (χ4v) is 3.03. The van der Waals surface area contributed by atoms with Gasteiger partial charge in [0.15, 0.2) is 0 Å². The third-order valence-corrected chi connectivity index (χ3v) is 4.23. The molecule has 0 aliphatic rings. The monoisotopic (exact) mass is 342 g/mol. The van der Waals surface area contributed by atoms with E-state index in [4.69, 9.17) is 21.4 Å². The lowest BCUT2D eigenvalue weighted by atomic mass is 10.0. The molecule has 0 fully saturated rings. The van der Waals surface area contributed by atoms with E-state index >= 15 is 0 Å². The molecule has 0 aliphatic heterocycles. The lowest BCUT2D eigenvalue weighted by Gasteiger charge is -2.17. The molecule has 24 heavy (non-hydrogen) atoms. The van der Waals surface area contributed by atoms with Gasteiger partial charge in [0.1, 0.15) is 12.4 Å². The van der Waals surface area contributed by atoms with Gasteiger partial charge in [-0.15, -0.1) is 0 Å². The molecule has 0 radical (unpaired) electrons. The summed E-state index contributed by atoms with van der Waals surface area (Å²) in [5, 5.41) is 21.4. The van der Waals surface area contributed by atoms with Gasteiger partial charge in [0, 0.05) is 22.2 Å². The van der Waals surface area contributed by atoms with Gasteiger partial charge >= 0.3 is 0 Å². The maximum atomic E-state index is 9.84. The predicted molar refractivity (Wildman–Crippen MR) is 96.5 cm³/mol. The SMILES string of the molecule is OC[C@H](O)Cc1cc(Cl)c2ccccc2c1OCc1ccccc1. The molecule has 3 aromatic rings. The van der Waals surface area contributed by atoms with Crippen molar-refractivity contribution in [2.45, 2.75) is 19.1 Å². The van der Waals surface area contributed by atoms with E-state index in [9.17, 15) is 5.11 Å². The van der Waals surface area contributed by atoms with Gasteiger partial charge in [0.25, 0.3) is 0 Å². The van der Waals surface area contributed by atoms with E-state index in [0.29, 0.717) is 17.4 Å². The number of rotatable bonds is 6. The highest BCUT2D eigenvalue weighted by Crippen LogP contribution is 2.36. The topological polar surface area (TPSA) is 49.7 Å². The molecule has 0 heterocycles. The fraction of sp³-hybridized carbons (Fsp3) is 0.200. The molecule has 4 heteroatoms. The number of fused-ring (bicyclic) bond motifs is 1. The number of hydrogen-bond donors (Lipinski definition) is 2. The van der Waals surface area contributed by atoms with Crippen LogP contribution in [0, 0.1) is 0 Å². The third kappa shape index (κ3) is 3.70. The Bertz CT molecular complexity index is 818. The molecule has 0 unspecified atom stereocenters. The molecule has 3 rings (SSSR count). The molecule has 0 spiro atoms. The molecule has 0 bridgehead atoms. The van der Waals surface area contributed by atoms with E-state index in [1.807, 2.05) is 60.7 Å². The molecule has 0 saturated heterocycles. The highest BCUT2D eigenvalue weighted by atomic mass is 35.5. The van der Waals surface area contributed by atoms with Crippen molar-refractivity contribution < 1.29 is 14.9 Å². The summed E-state index contributed by atoms with van der Waals surface area (Å²) in [7, 11) is 0. The minimum atomic E-state index is -0.846. The highest BCUT2D eigenvalue weighted by Gasteiger charge is 2.15. The molecule has 124 valence electrons. The largest absolute Gasteiger partial charge is 0.488 e. The molecular weight excluding hydrogens is 324 g/mol. The normalized spacial score (nSPS) is 12.3. The standard InChI is InChI=1S/C20H19ClO3/c21-19-11-15(10-16(23)12-22)20(18-9-5-4-8-17(18)19)24-13-14-6-2-1-3-7-14/h1-9,11,16,22-23H,10,12-13H2/t16-/m1/s1. The number of halogens is 1. The van der Waals surface area contributed by atoms with Gasteiger partial charge in [-0.05, 0) is 17.2 Å². The molecule has 0 amide bonds. The van der Waals surface area contributed by atoms with Crippen molar-refractivity contribution in [2.75, 3.05) is 6.61 Å². The Morgan fingerprint density at radius 2 is 1.62 bits per heavy atom. The number of ether oxygens (including phenoxy) is 1. The van der Waals surface area contributed by atoms with E-state index in [0.717, 1.165) is 21.9 Å². The second-order valence-corrected chi connectivity index (χ2v) is 6.11. The Morgan fingerprint density at radius 3 is 2.33 bits per heavy atom. The maximum Gasteiger partial charge on any atom is 0.131 e. The smallest absolute Gasteiger partial charge is 0.131 e. The molecule has 3 aromatic carbocycles. The summed E-state index contributed by atoms with van der Waals surface area (Å²) in [5.74, 6) is 0.700. The van der Waals surface area contributed by atoms with Crippen LogP contribution >= 0.6 is 11.6 Å². The van der Waals surface area contributed by atoms with Crippen LogP contribution in [0.4, 0.5) is 0 Å². The van der Waals surface area contributed by atoms with Crippen molar-refractivity contribution in [1.82, 2.24) is 0 Å². The summed E-state index contributed by atoms with van der Waals surface area (Å²) in [4.78, 5) is 0. The van der Waals surface area contributed by atoms with Gasteiger partial charge in [0.05, 0.1) is 12.7 Å². The summed E-state index contributed by atoms with van der Waals surface area (Å²) in [5.41, 5.74) is 1.85. The second kappa shape index (κ2) is 7.67. The van der Waals surface area contributed by atoms with E-state index in [-0.39, 0.29) is 13.0 Å². The number of hydrogen-bond acceptors (Lipinski definition) is 3. The molecule has 0 aromatic heterocycles. The van der Waals surface area contributed by atoms with Gasteiger partial charge in [-0.1, -0.05) is 66.2 Å². The van der Waals surface area contributed by atoms with Crippen LogP contribution in [0.15, 0.2) is 60.7 Å². The number of benzene rings is 3. The van der Waals surface area contributed by atoms with Crippen LogP contribution in [0.25, 0.3) is 10.8 Å². The summed E-state index contributed by atoms with van der Waals surface area (Å²) < 4.78 is 6.09. The van der Waals surface area contributed by atoms with E-state index in [2.05, 4.69) is 0 Å². The Hall–Kier alpha value is -2.07. The number of aliphatic hydroxyl groups is 2. The van der Waals surface area contributed by atoms with Crippen LogP contribution in [0.5, 0.6) is 5.75 Å².